The molecule has 1 aliphatic heterocycles. The number of benzene rings is 2. The van der Waals surface area contributed by atoms with Gasteiger partial charge in [-0.25, -0.2) is 13.8 Å². The van der Waals surface area contributed by atoms with Gasteiger partial charge in [0, 0.05) is 0 Å². The second-order valence-corrected chi connectivity index (χ2v) is 8.24. The van der Waals surface area contributed by atoms with Crippen molar-refractivity contribution in [1.82, 2.24) is 0 Å². The van der Waals surface area contributed by atoms with E-state index in [0.717, 1.165) is 0 Å². The van der Waals surface area contributed by atoms with Crippen molar-refractivity contribution < 1.29 is 45.2 Å². The molecule has 0 aliphatic carbocycles. The molecule has 0 aromatic heterocycles. The fourth-order valence-corrected chi connectivity index (χ4v) is 3.29. The zero-order chi connectivity index (χ0) is 22.6. The van der Waals surface area contributed by atoms with Gasteiger partial charge in [-0.15, -0.1) is 0 Å². The summed E-state index contributed by atoms with van der Waals surface area (Å²) in [4.78, 5) is 24.4. The van der Waals surface area contributed by atoms with Gasteiger partial charge in [0.15, 0.2) is 0 Å². The van der Waals surface area contributed by atoms with Gasteiger partial charge in [0.25, 0.3) is 10.1 Å². The minimum absolute atomic E-state index is 0.00851. The fraction of sp³-hybridized carbons (Fsp3) is 0.300. The third kappa shape index (κ3) is 5.63. The van der Waals surface area contributed by atoms with Crippen molar-refractivity contribution in [2.24, 2.45) is 0 Å². The minimum atomic E-state index is -4.33. The normalized spacial score (nSPS) is 22.6. The lowest BCUT2D eigenvalue weighted by atomic mass is 10.1. The summed E-state index contributed by atoms with van der Waals surface area (Å²) in [6.45, 7) is -0.736. The zero-order valence-corrected chi connectivity index (χ0v) is 17.0. The highest BCUT2D eigenvalue weighted by atomic mass is 32.2. The molecule has 166 valence electrons. The smallest absolute Gasteiger partial charge is 0.338 e. The number of alkyl halides is 2. The monoisotopic (exact) mass is 456 g/mol. The summed E-state index contributed by atoms with van der Waals surface area (Å²) in [6.07, 6.45) is -5.94. The molecule has 0 bridgehead atoms. The van der Waals surface area contributed by atoms with E-state index >= 15 is 0 Å². The van der Waals surface area contributed by atoms with Crippen LogP contribution in [0, 0.1) is 0 Å². The number of esters is 2. The summed E-state index contributed by atoms with van der Waals surface area (Å²) < 4.78 is 71.6. The van der Waals surface area contributed by atoms with Gasteiger partial charge >= 0.3 is 17.9 Å². The molecule has 0 unspecified atom stereocenters. The van der Waals surface area contributed by atoms with Crippen molar-refractivity contribution in [3.8, 4) is 0 Å². The molecule has 3 rings (SSSR count). The molecular weight excluding hydrogens is 438 g/mol. The van der Waals surface area contributed by atoms with Crippen molar-refractivity contribution in [1.29, 1.82) is 0 Å². The highest BCUT2D eigenvalue weighted by Gasteiger charge is 2.63. The van der Waals surface area contributed by atoms with Crippen molar-refractivity contribution >= 4 is 22.1 Å². The molecule has 0 N–H and O–H groups in total. The number of halogens is 2. The first-order valence-electron chi connectivity index (χ1n) is 8.97. The Balaban J connectivity index is 1.79. The first-order chi connectivity index (χ1) is 14.6. The Labute approximate surface area is 176 Å². The maximum absolute atomic E-state index is 14.8. The standard InChI is InChI=1S/C20H18F2O8S/c1-31(25,26)30-19-20(21,22)16(29-18(24)14-10-6-3-7-11-14)15(28-19)12-27-17(23)13-8-4-2-5-9-13/h2-11,15-16,19H,12H2,1H3/t15-,16-,19-/m0/s1. The van der Waals surface area contributed by atoms with E-state index in [9.17, 15) is 26.8 Å². The SMILES string of the molecule is CS(=O)(=O)O[C@@H]1O[C@@H](COC(=O)c2ccccc2)[C@H](OC(=O)c2ccccc2)C1(F)F. The number of ether oxygens (including phenoxy) is 3. The second kappa shape index (κ2) is 9.08. The average Bonchev–Trinajstić information content (AvgIpc) is 2.95. The highest BCUT2D eigenvalue weighted by molar-refractivity contribution is 7.86. The van der Waals surface area contributed by atoms with Crippen LogP contribution in [0.3, 0.4) is 0 Å². The molecule has 1 fully saturated rings. The topological polar surface area (TPSA) is 105 Å². The van der Waals surface area contributed by atoms with Gasteiger partial charge in [0.05, 0.1) is 17.4 Å². The largest absolute Gasteiger partial charge is 0.459 e. The summed E-state index contributed by atoms with van der Waals surface area (Å²) >= 11 is 0. The summed E-state index contributed by atoms with van der Waals surface area (Å²) in [5.41, 5.74) is 0.153. The minimum Gasteiger partial charge on any atom is -0.459 e. The molecule has 0 spiro atoms. The summed E-state index contributed by atoms with van der Waals surface area (Å²) in [5.74, 6) is -5.96. The predicted molar refractivity (Wildman–Crippen MR) is 102 cm³/mol. The van der Waals surface area contributed by atoms with E-state index in [1.807, 2.05) is 0 Å². The summed E-state index contributed by atoms with van der Waals surface area (Å²) in [6, 6.07) is 15.1. The molecule has 2 aromatic carbocycles. The summed E-state index contributed by atoms with van der Waals surface area (Å²) in [7, 11) is -4.33. The fourth-order valence-electron chi connectivity index (χ4n) is 2.80. The van der Waals surface area contributed by atoms with E-state index in [0.29, 0.717) is 6.26 Å². The summed E-state index contributed by atoms with van der Waals surface area (Å²) in [5, 5.41) is 0. The third-order valence-corrected chi connectivity index (χ3v) is 4.75. The Morgan fingerprint density at radius 2 is 1.48 bits per heavy atom. The molecule has 2 aromatic rings. The van der Waals surface area contributed by atoms with Crippen LogP contribution in [-0.4, -0.2) is 57.6 Å². The highest BCUT2D eigenvalue weighted by Crippen LogP contribution is 2.40. The van der Waals surface area contributed by atoms with E-state index < -0.39 is 53.1 Å². The average molecular weight is 456 g/mol. The van der Waals surface area contributed by atoms with Gasteiger partial charge < -0.3 is 14.2 Å². The van der Waals surface area contributed by atoms with Crippen molar-refractivity contribution in [3.63, 3.8) is 0 Å². The van der Waals surface area contributed by atoms with Gasteiger partial charge in [-0.2, -0.15) is 17.2 Å². The molecule has 0 radical (unpaired) electrons. The van der Waals surface area contributed by atoms with Crippen LogP contribution in [0.2, 0.25) is 0 Å². The van der Waals surface area contributed by atoms with Crippen molar-refractivity contribution in [2.75, 3.05) is 12.9 Å². The van der Waals surface area contributed by atoms with E-state index in [1.165, 1.54) is 36.4 Å². The lowest BCUT2D eigenvalue weighted by Gasteiger charge is -2.23. The maximum Gasteiger partial charge on any atom is 0.338 e. The Morgan fingerprint density at radius 1 is 0.968 bits per heavy atom. The van der Waals surface area contributed by atoms with Crippen LogP contribution in [0.1, 0.15) is 20.7 Å². The van der Waals surface area contributed by atoms with Crippen LogP contribution < -0.4 is 0 Å². The van der Waals surface area contributed by atoms with E-state index in [2.05, 4.69) is 4.18 Å². The van der Waals surface area contributed by atoms with Gasteiger partial charge in [-0.3, -0.25) is 0 Å². The maximum atomic E-state index is 14.8. The van der Waals surface area contributed by atoms with Crippen molar-refractivity contribution in [3.05, 3.63) is 71.8 Å². The number of carbonyl (C=O) groups is 2. The van der Waals surface area contributed by atoms with Gasteiger partial charge in [-0.1, -0.05) is 36.4 Å². The number of hydrogen-bond acceptors (Lipinski definition) is 8. The van der Waals surface area contributed by atoms with Crippen LogP contribution in [0.5, 0.6) is 0 Å². The lowest BCUT2D eigenvalue weighted by Crippen LogP contribution is -2.45. The Bertz CT molecular complexity index is 1030. The third-order valence-electron chi connectivity index (χ3n) is 4.22. The van der Waals surface area contributed by atoms with Gasteiger partial charge in [0.2, 0.25) is 12.4 Å². The second-order valence-electron chi connectivity index (χ2n) is 6.64. The number of hydrogen-bond donors (Lipinski definition) is 0. The lowest BCUT2D eigenvalue weighted by molar-refractivity contribution is -0.183. The Morgan fingerprint density at radius 3 is 2.00 bits per heavy atom. The van der Waals surface area contributed by atoms with Crippen LogP contribution in [0.25, 0.3) is 0 Å². The van der Waals surface area contributed by atoms with E-state index in [-0.39, 0.29) is 11.1 Å². The molecule has 1 aliphatic rings. The molecule has 0 saturated carbocycles. The number of rotatable bonds is 7. The molecule has 8 nitrogen and oxygen atoms in total. The first-order valence-corrected chi connectivity index (χ1v) is 10.8. The predicted octanol–water partition coefficient (Wildman–Crippen LogP) is 2.41. The van der Waals surface area contributed by atoms with Crippen LogP contribution in [-0.2, 0) is 28.5 Å². The van der Waals surface area contributed by atoms with Gasteiger partial charge in [0.1, 0.15) is 12.7 Å². The van der Waals surface area contributed by atoms with Gasteiger partial charge in [-0.05, 0) is 24.3 Å². The molecular formula is C20H18F2O8S. The molecule has 31 heavy (non-hydrogen) atoms. The first kappa shape index (κ1) is 22.8. The Hall–Kier alpha value is -2.89. The van der Waals surface area contributed by atoms with Crippen LogP contribution in [0.15, 0.2) is 60.7 Å². The molecule has 1 saturated heterocycles. The number of carbonyl (C=O) groups excluding carboxylic acids is 2. The van der Waals surface area contributed by atoms with E-state index in [4.69, 9.17) is 14.2 Å². The van der Waals surface area contributed by atoms with Crippen LogP contribution >= 0.6 is 0 Å². The quantitative estimate of drug-likeness (QED) is 0.462. The molecule has 1 heterocycles. The molecule has 3 atom stereocenters. The van der Waals surface area contributed by atoms with Crippen LogP contribution in [0.4, 0.5) is 8.78 Å². The van der Waals surface area contributed by atoms with Crippen molar-refractivity contribution in [2.45, 2.75) is 24.4 Å². The van der Waals surface area contributed by atoms with E-state index in [1.54, 1.807) is 24.3 Å². The molecule has 0 amide bonds. The molecule has 11 heteroatoms. The zero-order valence-electron chi connectivity index (χ0n) is 16.1. The Kier molecular flexibility index (Phi) is 6.68.